The average Bonchev–Trinajstić information content (AvgIpc) is 4.00. The van der Waals surface area contributed by atoms with Gasteiger partial charge in [0, 0.05) is 42.4 Å². The predicted octanol–water partition coefficient (Wildman–Crippen LogP) is 16.3. The Hall–Kier alpha value is -6.29. The van der Waals surface area contributed by atoms with Gasteiger partial charge in [0.1, 0.15) is 5.82 Å². The Labute approximate surface area is 367 Å². The molecule has 13 rings (SSSR count). The number of benzene rings is 8. The van der Waals surface area contributed by atoms with Crippen molar-refractivity contribution in [3.63, 3.8) is 0 Å². The standard InChI is InChI=1S/C59H48N2S/c1-3-37-31-38-30-36(2)59(41(32-37)33-38)50-25-13-12-22-44(50)49-34-47(45-23-15-27-53-56(45)55-43-21-11-10-16-39(43)28-29-54(55)62-53)48(35-51(49)59)46-24-14-26-52-57(46)60-58(40-17-6-4-7-18-40)61(52)42-19-8-5-9-20-42/h4-29,34-38,41H,3,30-33H2,1-2H3. The van der Waals surface area contributed by atoms with Gasteiger partial charge in [-0.2, -0.15) is 0 Å². The van der Waals surface area contributed by atoms with Crippen LogP contribution in [0.4, 0.5) is 0 Å². The van der Waals surface area contributed by atoms with E-state index in [1.807, 2.05) is 11.3 Å². The van der Waals surface area contributed by atoms with Crippen molar-refractivity contribution in [1.29, 1.82) is 0 Å². The predicted molar refractivity (Wildman–Crippen MR) is 262 cm³/mol. The van der Waals surface area contributed by atoms with Gasteiger partial charge in [-0.1, -0.05) is 148 Å². The van der Waals surface area contributed by atoms with E-state index in [1.54, 1.807) is 11.1 Å². The van der Waals surface area contributed by atoms with Gasteiger partial charge in [-0.25, -0.2) is 4.98 Å². The number of aromatic nitrogens is 2. The highest BCUT2D eigenvalue weighted by Crippen LogP contribution is 2.66. The second-order valence-corrected chi connectivity index (χ2v) is 19.7. The molecule has 0 radical (unpaired) electrons. The fourth-order valence-corrected chi connectivity index (χ4v) is 14.3. The molecule has 2 aromatic heterocycles. The smallest absolute Gasteiger partial charge is 0.145 e. The molecule has 10 aromatic rings. The maximum absolute atomic E-state index is 5.70. The summed E-state index contributed by atoms with van der Waals surface area (Å²) in [6.07, 6.45) is 6.61. The summed E-state index contributed by atoms with van der Waals surface area (Å²) in [7, 11) is 0. The molecule has 5 atom stereocenters. The molecule has 0 amide bonds. The van der Waals surface area contributed by atoms with E-state index < -0.39 is 0 Å². The summed E-state index contributed by atoms with van der Waals surface area (Å²) in [5.74, 6) is 3.73. The van der Waals surface area contributed by atoms with Gasteiger partial charge in [0.05, 0.1) is 11.0 Å². The third kappa shape index (κ3) is 5.12. The molecule has 3 aliphatic carbocycles. The van der Waals surface area contributed by atoms with Crippen LogP contribution in [0.2, 0.25) is 0 Å². The number of fused-ring (bicyclic) bond motifs is 14. The third-order valence-corrected chi connectivity index (χ3v) is 16.7. The van der Waals surface area contributed by atoms with Gasteiger partial charge in [0.2, 0.25) is 0 Å². The van der Waals surface area contributed by atoms with Crippen LogP contribution in [-0.2, 0) is 5.41 Å². The van der Waals surface area contributed by atoms with Crippen LogP contribution in [0.3, 0.4) is 0 Å². The molecule has 2 heterocycles. The van der Waals surface area contributed by atoms with Crippen molar-refractivity contribution in [2.45, 2.75) is 51.4 Å². The Bertz CT molecular complexity index is 3390. The van der Waals surface area contributed by atoms with Crippen LogP contribution in [0.25, 0.3) is 92.4 Å². The normalized spacial score (nSPS) is 21.6. The summed E-state index contributed by atoms with van der Waals surface area (Å²) in [5, 5.41) is 5.32. The Morgan fingerprint density at radius 3 is 2.18 bits per heavy atom. The summed E-state index contributed by atoms with van der Waals surface area (Å²) in [6, 6.07) is 63.9. The molecule has 2 bridgehead atoms. The van der Waals surface area contributed by atoms with E-state index in [-0.39, 0.29) is 5.41 Å². The molecular formula is C59H48N2S. The molecule has 0 aliphatic heterocycles. The number of thiophene rings is 1. The number of nitrogens with zero attached hydrogens (tertiary/aromatic N) is 2. The summed E-state index contributed by atoms with van der Waals surface area (Å²) >= 11 is 1.92. The van der Waals surface area contributed by atoms with Crippen molar-refractivity contribution in [2.24, 2.45) is 23.7 Å². The summed E-state index contributed by atoms with van der Waals surface area (Å²) < 4.78 is 5.03. The molecule has 8 aromatic carbocycles. The van der Waals surface area contributed by atoms with Gasteiger partial charge in [-0.3, -0.25) is 4.57 Å². The van der Waals surface area contributed by atoms with Crippen LogP contribution in [0.15, 0.2) is 170 Å². The Balaban J connectivity index is 1.16. The zero-order chi connectivity index (χ0) is 41.1. The zero-order valence-corrected chi connectivity index (χ0v) is 36.1. The van der Waals surface area contributed by atoms with E-state index in [4.69, 9.17) is 4.98 Å². The van der Waals surface area contributed by atoms with E-state index in [0.29, 0.717) is 11.8 Å². The lowest BCUT2D eigenvalue weighted by Crippen LogP contribution is -2.49. The van der Waals surface area contributed by atoms with Crippen LogP contribution in [-0.4, -0.2) is 9.55 Å². The second kappa shape index (κ2) is 13.9. The van der Waals surface area contributed by atoms with Crippen LogP contribution >= 0.6 is 11.3 Å². The van der Waals surface area contributed by atoms with Crippen LogP contribution in [0.5, 0.6) is 0 Å². The Kier molecular flexibility index (Phi) is 8.13. The lowest BCUT2D eigenvalue weighted by atomic mass is 9.49. The van der Waals surface area contributed by atoms with Gasteiger partial charge in [0.25, 0.3) is 0 Å². The number of rotatable bonds is 5. The summed E-state index contributed by atoms with van der Waals surface area (Å²) in [5.41, 5.74) is 15.4. The number of hydrogen-bond acceptors (Lipinski definition) is 2. The molecule has 300 valence electrons. The lowest BCUT2D eigenvalue weighted by Gasteiger charge is -2.54. The first kappa shape index (κ1) is 36.4. The van der Waals surface area contributed by atoms with Gasteiger partial charge in [-0.15, -0.1) is 11.3 Å². The fourth-order valence-electron chi connectivity index (χ4n) is 13.1. The first-order valence-electron chi connectivity index (χ1n) is 22.8. The second-order valence-electron chi connectivity index (χ2n) is 18.6. The lowest BCUT2D eigenvalue weighted by molar-refractivity contribution is 0.0368. The molecule has 5 unspecified atom stereocenters. The van der Waals surface area contributed by atoms with E-state index >= 15 is 0 Å². The monoisotopic (exact) mass is 816 g/mol. The average molecular weight is 817 g/mol. The van der Waals surface area contributed by atoms with Gasteiger partial charge >= 0.3 is 0 Å². The van der Waals surface area contributed by atoms with E-state index in [9.17, 15) is 0 Å². The van der Waals surface area contributed by atoms with Gasteiger partial charge in [-0.05, 0) is 142 Å². The molecule has 1 spiro atoms. The fraction of sp³-hybridized carbons (Fsp3) is 0.203. The number of imidazole rings is 1. The van der Waals surface area contributed by atoms with Crippen LogP contribution in [0, 0.1) is 23.7 Å². The van der Waals surface area contributed by atoms with Crippen LogP contribution in [0.1, 0.15) is 57.1 Å². The minimum absolute atomic E-state index is 0.0344. The van der Waals surface area contributed by atoms with E-state index in [1.165, 1.54) is 96.4 Å². The maximum Gasteiger partial charge on any atom is 0.145 e. The SMILES string of the molecule is CCC1CC2CC(C)C3(c4ccccc4-c4cc(-c5cccc6sc7ccc8ccccc8c7c56)c(-c5cccc6c5nc(-c5ccccc5)n6-c5ccccc5)cc43)C(C1)C2. The molecule has 2 fully saturated rings. The van der Waals surface area contributed by atoms with E-state index in [0.717, 1.165) is 39.9 Å². The Morgan fingerprint density at radius 1 is 0.581 bits per heavy atom. The third-order valence-electron chi connectivity index (χ3n) is 15.6. The first-order chi connectivity index (χ1) is 30.6. The molecule has 2 saturated carbocycles. The number of hydrogen-bond donors (Lipinski definition) is 0. The molecule has 3 aliphatic rings. The van der Waals surface area contributed by atoms with Crippen molar-refractivity contribution in [1.82, 2.24) is 9.55 Å². The van der Waals surface area contributed by atoms with E-state index in [2.05, 4.69) is 188 Å². The Morgan fingerprint density at radius 2 is 1.31 bits per heavy atom. The van der Waals surface area contributed by atoms with Crippen molar-refractivity contribution < 1.29 is 0 Å². The number of para-hydroxylation sites is 2. The highest BCUT2D eigenvalue weighted by molar-refractivity contribution is 7.26. The molecule has 3 heteroatoms. The van der Waals surface area contributed by atoms with Crippen molar-refractivity contribution in [2.75, 3.05) is 0 Å². The van der Waals surface area contributed by atoms with Crippen molar-refractivity contribution >= 4 is 53.3 Å². The largest absolute Gasteiger partial charge is 0.292 e. The molecule has 0 N–H and O–H groups in total. The van der Waals surface area contributed by atoms with Crippen molar-refractivity contribution in [3.05, 3.63) is 181 Å². The topological polar surface area (TPSA) is 17.8 Å². The van der Waals surface area contributed by atoms with Crippen molar-refractivity contribution in [3.8, 4) is 50.5 Å². The maximum atomic E-state index is 5.70. The summed E-state index contributed by atoms with van der Waals surface area (Å²) in [6.45, 7) is 5.03. The minimum Gasteiger partial charge on any atom is -0.292 e. The molecule has 2 nitrogen and oxygen atoms in total. The van der Waals surface area contributed by atoms with Gasteiger partial charge < -0.3 is 0 Å². The zero-order valence-electron chi connectivity index (χ0n) is 35.3. The first-order valence-corrected chi connectivity index (χ1v) is 23.7. The summed E-state index contributed by atoms with van der Waals surface area (Å²) in [4.78, 5) is 5.70. The highest BCUT2D eigenvalue weighted by Gasteiger charge is 2.57. The molecule has 62 heavy (non-hydrogen) atoms. The highest BCUT2D eigenvalue weighted by atomic mass is 32.1. The van der Waals surface area contributed by atoms with Crippen LogP contribution < -0.4 is 0 Å². The minimum atomic E-state index is -0.0344. The quantitative estimate of drug-likeness (QED) is 0.169. The molecular weight excluding hydrogens is 769 g/mol. The van der Waals surface area contributed by atoms with Gasteiger partial charge in [0.15, 0.2) is 0 Å². The molecule has 0 saturated heterocycles.